The molecule has 0 saturated carbocycles. The molecule has 1 aliphatic rings. The molecule has 0 N–H and O–H groups in total. The van der Waals surface area contributed by atoms with Crippen LogP contribution in [0.25, 0.3) is 0 Å². The molecule has 96 valence electrons. The Morgan fingerprint density at radius 2 is 1.56 bits per heavy atom. The summed E-state index contributed by atoms with van der Waals surface area (Å²) in [4.78, 5) is 32.5. The predicted octanol–water partition coefficient (Wildman–Crippen LogP) is 0.537. The summed E-state index contributed by atoms with van der Waals surface area (Å²) in [6, 6.07) is 1.47. The van der Waals surface area contributed by atoms with E-state index >= 15 is 0 Å². The van der Waals surface area contributed by atoms with Gasteiger partial charge in [0.2, 0.25) is 29.5 Å². The SMILES string of the molecule is COc1cc(OC)nc(N2C(=O)CCCC2=O)n1. The highest BCUT2D eigenvalue weighted by atomic mass is 16.5. The molecule has 2 amide bonds. The molecule has 7 heteroatoms. The Morgan fingerprint density at radius 3 is 2.00 bits per heavy atom. The Balaban J connectivity index is 2.42. The molecule has 1 fully saturated rings. The third kappa shape index (κ3) is 2.24. The lowest BCUT2D eigenvalue weighted by molar-refractivity contribution is -0.129. The summed E-state index contributed by atoms with van der Waals surface area (Å²) in [6.45, 7) is 0. The largest absolute Gasteiger partial charge is 0.481 e. The van der Waals surface area contributed by atoms with Crippen LogP contribution >= 0.6 is 0 Å². The number of methoxy groups -OCH3 is 2. The fourth-order valence-corrected chi connectivity index (χ4v) is 1.68. The highest BCUT2D eigenvalue weighted by Crippen LogP contribution is 2.23. The lowest BCUT2D eigenvalue weighted by atomic mass is 10.1. The first kappa shape index (κ1) is 12.3. The number of amides is 2. The van der Waals surface area contributed by atoms with Gasteiger partial charge in [-0.05, 0) is 6.42 Å². The summed E-state index contributed by atoms with van der Waals surface area (Å²) >= 11 is 0. The van der Waals surface area contributed by atoms with Crippen LogP contribution in [0.3, 0.4) is 0 Å². The van der Waals surface area contributed by atoms with E-state index in [0.29, 0.717) is 19.3 Å². The maximum absolute atomic E-state index is 11.7. The van der Waals surface area contributed by atoms with Crippen LogP contribution in [0.5, 0.6) is 11.8 Å². The molecule has 7 nitrogen and oxygen atoms in total. The van der Waals surface area contributed by atoms with Crippen LogP contribution in [-0.4, -0.2) is 36.0 Å². The number of aromatic nitrogens is 2. The zero-order valence-corrected chi connectivity index (χ0v) is 10.2. The van der Waals surface area contributed by atoms with Crippen LogP contribution in [0, 0.1) is 0 Å². The third-order valence-electron chi connectivity index (χ3n) is 2.57. The number of hydrogen-bond donors (Lipinski definition) is 0. The highest BCUT2D eigenvalue weighted by molar-refractivity contribution is 6.15. The van der Waals surface area contributed by atoms with Gasteiger partial charge in [0.1, 0.15) is 0 Å². The van der Waals surface area contributed by atoms with Crippen molar-refractivity contribution in [3.05, 3.63) is 6.07 Å². The van der Waals surface area contributed by atoms with Crippen molar-refractivity contribution in [2.75, 3.05) is 19.1 Å². The molecule has 0 unspecified atom stereocenters. The Labute approximate surface area is 104 Å². The molecule has 0 bridgehead atoms. The summed E-state index contributed by atoms with van der Waals surface area (Å²) in [6.07, 6.45) is 1.19. The molecule has 1 aliphatic heterocycles. The van der Waals surface area contributed by atoms with Crippen molar-refractivity contribution in [3.8, 4) is 11.8 Å². The van der Waals surface area contributed by atoms with E-state index in [9.17, 15) is 9.59 Å². The second-order valence-corrected chi connectivity index (χ2v) is 3.73. The Kier molecular flexibility index (Phi) is 3.40. The molecule has 2 rings (SSSR count). The van der Waals surface area contributed by atoms with Crippen LogP contribution in [-0.2, 0) is 9.59 Å². The average Bonchev–Trinajstić information content (AvgIpc) is 2.38. The summed E-state index contributed by atoms with van der Waals surface area (Å²) in [5, 5.41) is 0. The molecule has 0 aliphatic carbocycles. The molecule has 0 atom stereocenters. The quantitative estimate of drug-likeness (QED) is 0.729. The second kappa shape index (κ2) is 4.99. The van der Waals surface area contributed by atoms with E-state index in [0.717, 1.165) is 4.90 Å². The Bertz CT molecular complexity index is 451. The maximum atomic E-state index is 11.7. The van der Waals surface area contributed by atoms with E-state index in [1.54, 1.807) is 0 Å². The number of imide groups is 1. The maximum Gasteiger partial charge on any atom is 0.245 e. The highest BCUT2D eigenvalue weighted by Gasteiger charge is 2.30. The second-order valence-electron chi connectivity index (χ2n) is 3.73. The lowest BCUT2D eigenvalue weighted by Gasteiger charge is -2.23. The Morgan fingerprint density at radius 1 is 1.06 bits per heavy atom. The number of carbonyl (C=O) groups is 2. The van der Waals surface area contributed by atoms with Crippen LogP contribution in [0.4, 0.5) is 5.95 Å². The number of nitrogens with zero attached hydrogens (tertiary/aromatic N) is 3. The van der Waals surface area contributed by atoms with Crippen LogP contribution in [0.15, 0.2) is 6.07 Å². The first-order chi connectivity index (χ1) is 8.65. The van der Waals surface area contributed by atoms with E-state index in [2.05, 4.69) is 9.97 Å². The van der Waals surface area contributed by atoms with E-state index < -0.39 is 0 Å². The van der Waals surface area contributed by atoms with Crippen LogP contribution in [0.1, 0.15) is 19.3 Å². The molecule has 18 heavy (non-hydrogen) atoms. The number of rotatable bonds is 3. The minimum Gasteiger partial charge on any atom is -0.481 e. The minimum absolute atomic E-state index is 0.000833. The molecule has 0 aromatic carbocycles. The molecule has 1 aromatic heterocycles. The summed E-state index contributed by atoms with van der Waals surface area (Å²) in [7, 11) is 2.87. The first-order valence-corrected chi connectivity index (χ1v) is 5.48. The molecular weight excluding hydrogens is 238 g/mol. The molecular formula is C11H13N3O4. The molecule has 1 aromatic rings. The van der Waals surface area contributed by atoms with Crippen molar-refractivity contribution < 1.29 is 19.1 Å². The number of piperidine rings is 1. The standard InChI is InChI=1S/C11H13N3O4/c1-17-7-6-8(18-2)13-11(12-7)14-9(15)4-3-5-10(14)16/h6H,3-5H2,1-2H3. The minimum atomic E-state index is -0.304. The summed E-state index contributed by atoms with van der Waals surface area (Å²) < 4.78 is 9.96. The van der Waals surface area contributed by atoms with Gasteiger partial charge in [0, 0.05) is 12.8 Å². The van der Waals surface area contributed by atoms with Gasteiger partial charge in [-0.1, -0.05) is 0 Å². The number of ether oxygens (including phenoxy) is 2. The van der Waals surface area contributed by atoms with Gasteiger partial charge in [-0.2, -0.15) is 9.97 Å². The van der Waals surface area contributed by atoms with Crippen molar-refractivity contribution in [2.24, 2.45) is 0 Å². The molecule has 0 radical (unpaired) electrons. The van der Waals surface area contributed by atoms with Crippen LogP contribution in [0.2, 0.25) is 0 Å². The van der Waals surface area contributed by atoms with Crippen molar-refractivity contribution in [1.82, 2.24) is 9.97 Å². The smallest absolute Gasteiger partial charge is 0.245 e. The predicted molar refractivity (Wildman–Crippen MR) is 61.5 cm³/mol. The lowest BCUT2D eigenvalue weighted by Crippen LogP contribution is -2.41. The topological polar surface area (TPSA) is 81.6 Å². The van der Waals surface area contributed by atoms with Gasteiger partial charge in [0.25, 0.3) is 0 Å². The first-order valence-electron chi connectivity index (χ1n) is 5.48. The summed E-state index contributed by atoms with van der Waals surface area (Å²) in [5.41, 5.74) is 0. The average molecular weight is 251 g/mol. The van der Waals surface area contributed by atoms with Gasteiger partial charge in [-0.3, -0.25) is 9.59 Å². The van der Waals surface area contributed by atoms with E-state index in [4.69, 9.17) is 9.47 Å². The van der Waals surface area contributed by atoms with Gasteiger partial charge in [-0.15, -0.1) is 0 Å². The van der Waals surface area contributed by atoms with Gasteiger partial charge in [0.05, 0.1) is 20.3 Å². The zero-order valence-electron chi connectivity index (χ0n) is 10.2. The van der Waals surface area contributed by atoms with Crippen molar-refractivity contribution in [1.29, 1.82) is 0 Å². The normalized spacial score (nSPS) is 15.8. The third-order valence-corrected chi connectivity index (χ3v) is 2.57. The van der Waals surface area contributed by atoms with Crippen molar-refractivity contribution >= 4 is 17.8 Å². The number of anilines is 1. The van der Waals surface area contributed by atoms with Crippen molar-refractivity contribution in [3.63, 3.8) is 0 Å². The zero-order chi connectivity index (χ0) is 13.1. The van der Waals surface area contributed by atoms with E-state index in [1.165, 1.54) is 20.3 Å². The van der Waals surface area contributed by atoms with Crippen LogP contribution < -0.4 is 14.4 Å². The monoisotopic (exact) mass is 251 g/mol. The van der Waals surface area contributed by atoms with Gasteiger partial charge in [-0.25, -0.2) is 4.90 Å². The molecule has 1 saturated heterocycles. The van der Waals surface area contributed by atoms with E-state index in [1.807, 2.05) is 0 Å². The van der Waals surface area contributed by atoms with Gasteiger partial charge < -0.3 is 9.47 Å². The van der Waals surface area contributed by atoms with Gasteiger partial charge in [0.15, 0.2) is 0 Å². The molecule has 0 spiro atoms. The Hall–Kier alpha value is -2.18. The number of hydrogen-bond acceptors (Lipinski definition) is 6. The number of carbonyl (C=O) groups excluding carboxylic acids is 2. The fourth-order valence-electron chi connectivity index (χ4n) is 1.68. The fraction of sp³-hybridized carbons (Fsp3) is 0.455. The van der Waals surface area contributed by atoms with E-state index in [-0.39, 0.29) is 29.5 Å². The van der Waals surface area contributed by atoms with Gasteiger partial charge >= 0.3 is 0 Å². The molecule has 2 heterocycles. The summed E-state index contributed by atoms with van der Waals surface area (Å²) in [5.74, 6) is -0.130. The van der Waals surface area contributed by atoms with Crippen molar-refractivity contribution in [2.45, 2.75) is 19.3 Å².